The lowest BCUT2D eigenvalue weighted by Crippen LogP contribution is -2.51. The van der Waals surface area contributed by atoms with Crippen molar-refractivity contribution in [3.8, 4) is 0 Å². The van der Waals surface area contributed by atoms with E-state index in [1.54, 1.807) is 18.2 Å². The van der Waals surface area contributed by atoms with Crippen LogP contribution in [-0.4, -0.2) is 38.3 Å². The van der Waals surface area contributed by atoms with Crippen molar-refractivity contribution in [1.82, 2.24) is 9.62 Å². The van der Waals surface area contributed by atoms with Gasteiger partial charge in [0.1, 0.15) is 6.04 Å². The van der Waals surface area contributed by atoms with Crippen LogP contribution in [0.1, 0.15) is 24.8 Å². The minimum Gasteiger partial charge on any atom is -0.358 e. The number of benzene rings is 1. The maximum absolute atomic E-state index is 12.8. The molecule has 1 amide bonds. The van der Waals surface area contributed by atoms with Crippen molar-refractivity contribution in [3.63, 3.8) is 0 Å². The van der Waals surface area contributed by atoms with Gasteiger partial charge in [-0.3, -0.25) is 4.79 Å². The quantitative estimate of drug-likeness (QED) is 0.880. The van der Waals surface area contributed by atoms with Crippen LogP contribution in [0.3, 0.4) is 0 Å². The summed E-state index contributed by atoms with van der Waals surface area (Å²) in [6.07, 6.45) is 2.21. The number of halogens is 1. The Hall–Kier alpha value is -0.920. The number of amides is 1. The average molecular weight is 375 g/mol. The van der Waals surface area contributed by atoms with Gasteiger partial charge in [-0.05, 0) is 43.5 Å². The first-order valence-corrected chi connectivity index (χ1v) is 9.11. The predicted molar refractivity (Wildman–Crippen MR) is 84.5 cm³/mol. The van der Waals surface area contributed by atoms with Gasteiger partial charge in [0.25, 0.3) is 0 Å². The van der Waals surface area contributed by atoms with Gasteiger partial charge in [0.2, 0.25) is 15.9 Å². The summed E-state index contributed by atoms with van der Waals surface area (Å²) in [6, 6.07) is 4.32. The van der Waals surface area contributed by atoms with Crippen molar-refractivity contribution in [3.05, 3.63) is 28.2 Å². The van der Waals surface area contributed by atoms with Crippen LogP contribution in [0.4, 0.5) is 0 Å². The minimum atomic E-state index is -3.65. The van der Waals surface area contributed by atoms with Gasteiger partial charge in [-0.25, -0.2) is 8.42 Å². The molecular formula is C14H19BrN2O3S. The smallest absolute Gasteiger partial charge is 0.243 e. The Balaban J connectivity index is 2.40. The Morgan fingerprint density at radius 2 is 2.10 bits per heavy atom. The topological polar surface area (TPSA) is 66.5 Å². The monoisotopic (exact) mass is 374 g/mol. The number of hydrogen-bond donors (Lipinski definition) is 1. The summed E-state index contributed by atoms with van der Waals surface area (Å²) in [5.74, 6) is -0.243. The van der Waals surface area contributed by atoms with Crippen molar-refractivity contribution < 1.29 is 13.2 Å². The third kappa shape index (κ3) is 3.30. The Kier molecular flexibility index (Phi) is 5.06. The summed E-state index contributed by atoms with van der Waals surface area (Å²) in [5.41, 5.74) is 0.851. The van der Waals surface area contributed by atoms with Crippen molar-refractivity contribution in [2.24, 2.45) is 0 Å². The molecule has 1 atom stereocenters. The molecule has 2 rings (SSSR count). The van der Waals surface area contributed by atoms with E-state index in [0.29, 0.717) is 13.0 Å². The van der Waals surface area contributed by atoms with Gasteiger partial charge < -0.3 is 5.32 Å². The molecule has 0 saturated carbocycles. The van der Waals surface area contributed by atoms with Crippen molar-refractivity contribution in [2.45, 2.75) is 37.1 Å². The molecule has 1 fully saturated rings. The van der Waals surface area contributed by atoms with Crippen molar-refractivity contribution >= 4 is 31.9 Å². The maximum Gasteiger partial charge on any atom is 0.243 e. The predicted octanol–water partition coefficient (Wildman–Crippen LogP) is 2.05. The molecule has 7 heteroatoms. The Morgan fingerprint density at radius 1 is 1.38 bits per heavy atom. The van der Waals surface area contributed by atoms with Crippen molar-refractivity contribution in [2.75, 3.05) is 13.6 Å². The fourth-order valence-electron chi connectivity index (χ4n) is 2.53. The Bertz CT molecular complexity index is 646. The van der Waals surface area contributed by atoms with Crippen LogP contribution in [0, 0.1) is 6.92 Å². The number of likely N-dealkylation sites (N-methyl/N-ethyl adjacent to an activating group) is 1. The zero-order chi connectivity index (χ0) is 15.6. The highest BCUT2D eigenvalue weighted by Crippen LogP contribution is 2.27. The molecular weight excluding hydrogens is 356 g/mol. The summed E-state index contributed by atoms with van der Waals surface area (Å²) >= 11 is 3.37. The average Bonchev–Trinajstić information content (AvgIpc) is 2.49. The fourth-order valence-corrected chi connectivity index (χ4v) is 4.52. The van der Waals surface area contributed by atoms with Crippen LogP contribution in [-0.2, 0) is 14.8 Å². The second-order valence-electron chi connectivity index (χ2n) is 5.15. The lowest BCUT2D eigenvalue weighted by atomic mass is 10.0. The second kappa shape index (κ2) is 6.46. The molecule has 116 valence electrons. The van der Waals surface area contributed by atoms with E-state index in [2.05, 4.69) is 21.2 Å². The lowest BCUT2D eigenvalue weighted by Gasteiger charge is -2.33. The maximum atomic E-state index is 12.8. The first kappa shape index (κ1) is 16.5. The third-order valence-corrected chi connectivity index (χ3v) is 6.53. The van der Waals surface area contributed by atoms with E-state index >= 15 is 0 Å². The number of carbonyl (C=O) groups excluding carboxylic acids is 1. The Morgan fingerprint density at radius 3 is 2.71 bits per heavy atom. The summed E-state index contributed by atoms with van der Waals surface area (Å²) in [4.78, 5) is 12.2. The van der Waals surface area contributed by atoms with Gasteiger partial charge in [-0.15, -0.1) is 0 Å². The van der Waals surface area contributed by atoms with Gasteiger partial charge >= 0.3 is 0 Å². The van der Waals surface area contributed by atoms with E-state index in [4.69, 9.17) is 0 Å². The fraction of sp³-hybridized carbons (Fsp3) is 0.500. The first-order chi connectivity index (χ1) is 9.87. The zero-order valence-corrected chi connectivity index (χ0v) is 14.5. The van der Waals surface area contributed by atoms with Crippen molar-refractivity contribution in [1.29, 1.82) is 0 Å². The number of piperidine rings is 1. The lowest BCUT2D eigenvalue weighted by molar-refractivity contribution is -0.125. The molecule has 0 spiro atoms. The van der Waals surface area contributed by atoms with Gasteiger partial charge in [0.15, 0.2) is 0 Å². The van der Waals surface area contributed by atoms with E-state index in [9.17, 15) is 13.2 Å². The van der Waals surface area contributed by atoms with Gasteiger partial charge in [-0.1, -0.05) is 22.4 Å². The van der Waals surface area contributed by atoms with E-state index in [1.165, 1.54) is 11.4 Å². The number of carbonyl (C=O) groups is 1. The molecule has 0 radical (unpaired) electrons. The molecule has 1 saturated heterocycles. The van der Waals surface area contributed by atoms with E-state index < -0.39 is 16.1 Å². The van der Waals surface area contributed by atoms with Crippen LogP contribution in [0.5, 0.6) is 0 Å². The van der Waals surface area contributed by atoms with E-state index in [1.807, 2.05) is 6.92 Å². The summed E-state index contributed by atoms with van der Waals surface area (Å²) < 4.78 is 27.8. The first-order valence-electron chi connectivity index (χ1n) is 6.87. The molecule has 1 heterocycles. The molecule has 5 nitrogen and oxygen atoms in total. The summed E-state index contributed by atoms with van der Waals surface area (Å²) in [7, 11) is -2.12. The summed E-state index contributed by atoms with van der Waals surface area (Å²) in [5, 5.41) is 2.56. The minimum absolute atomic E-state index is 0.235. The largest absolute Gasteiger partial charge is 0.358 e. The number of aryl methyl sites for hydroxylation is 1. The summed E-state index contributed by atoms with van der Waals surface area (Å²) in [6.45, 7) is 2.23. The van der Waals surface area contributed by atoms with Crippen LogP contribution >= 0.6 is 15.9 Å². The molecule has 0 aliphatic carbocycles. The number of nitrogens with one attached hydrogen (secondary N) is 1. The number of sulfonamides is 1. The number of rotatable bonds is 3. The zero-order valence-electron chi connectivity index (χ0n) is 12.1. The van der Waals surface area contributed by atoms with Gasteiger partial charge in [-0.2, -0.15) is 4.31 Å². The van der Waals surface area contributed by atoms with Gasteiger partial charge in [0.05, 0.1) is 4.90 Å². The van der Waals surface area contributed by atoms with Crippen LogP contribution < -0.4 is 5.32 Å². The normalized spacial score (nSPS) is 20.2. The number of nitrogens with zero attached hydrogens (tertiary/aromatic N) is 1. The standard InChI is InChI=1S/C14H19BrN2O3S/c1-10-9-11(6-7-12(10)15)21(19,20)17-8-4-3-5-13(17)14(18)16-2/h6-7,9,13H,3-5,8H2,1-2H3,(H,16,18)/t13-/m0/s1. The SMILES string of the molecule is CNC(=O)[C@@H]1CCCCN1S(=O)(=O)c1ccc(Br)c(C)c1. The molecule has 1 aromatic rings. The molecule has 0 bridgehead atoms. The number of hydrogen-bond acceptors (Lipinski definition) is 3. The Labute approximate surface area is 133 Å². The molecule has 1 aromatic carbocycles. The molecule has 1 aliphatic rings. The third-order valence-electron chi connectivity index (χ3n) is 3.74. The molecule has 0 aromatic heterocycles. The molecule has 1 N–H and O–H groups in total. The van der Waals surface area contributed by atoms with Crippen LogP contribution in [0.15, 0.2) is 27.6 Å². The van der Waals surface area contributed by atoms with E-state index in [0.717, 1.165) is 22.9 Å². The van der Waals surface area contributed by atoms with Crippen LogP contribution in [0.25, 0.3) is 0 Å². The highest BCUT2D eigenvalue weighted by atomic mass is 79.9. The van der Waals surface area contributed by atoms with E-state index in [-0.39, 0.29) is 10.8 Å². The highest BCUT2D eigenvalue weighted by Gasteiger charge is 2.37. The molecule has 0 unspecified atom stereocenters. The van der Waals surface area contributed by atoms with Crippen LogP contribution in [0.2, 0.25) is 0 Å². The molecule has 1 aliphatic heterocycles. The molecule has 21 heavy (non-hydrogen) atoms. The highest BCUT2D eigenvalue weighted by molar-refractivity contribution is 9.10. The van der Waals surface area contributed by atoms with Gasteiger partial charge in [0, 0.05) is 18.1 Å². The second-order valence-corrected chi connectivity index (χ2v) is 7.90.